The van der Waals surface area contributed by atoms with Gasteiger partial charge in [0.2, 0.25) is 5.91 Å². The van der Waals surface area contributed by atoms with Crippen LogP contribution in [0.25, 0.3) is 0 Å². The van der Waals surface area contributed by atoms with E-state index in [1.165, 1.54) is 0 Å². The Balaban J connectivity index is 1.38. The minimum atomic E-state index is -0.911. The molecule has 39 heavy (non-hydrogen) atoms. The Labute approximate surface area is 229 Å². The number of carbonyl (C=O) groups excluding carboxylic acids is 2. The third-order valence-electron chi connectivity index (χ3n) is 7.03. The van der Waals surface area contributed by atoms with E-state index < -0.39 is 11.9 Å². The number of amides is 2. The lowest BCUT2D eigenvalue weighted by Gasteiger charge is -2.36. The summed E-state index contributed by atoms with van der Waals surface area (Å²) in [4.78, 5) is 28.5. The van der Waals surface area contributed by atoms with Gasteiger partial charge in [-0.25, -0.2) is 0 Å². The third-order valence-corrected chi connectivity index (χ3v) is 7.03. The molecular formula is C33H32N2O4. The molecule has 2 atom stereocenters. The minimum Gasteiger partial charge on any atom is -0.491 e. The van der Waals surface area contributed by atoms with E-state index in [2.05, 4.69) is 0 Å². The van der Waals surface area contributed by atoms with Gasteiger partial charge in [-0.15, -0.1) is 0 Å². The van der Waals surface area contributed by atoms with Crippen LogP contribution in [0.2, 0.25) is 0 Å². The first-order valence-electron chi connectivity index (χ1n) is 13.2. The highest BCUT2D eigenvalue weighted by Crippen LogP contribution is 2.42. The SMILES string of the molecule is NC(=O)[C@@H](c1ccccc1)N(C(=O)c1ccccc1)C1CCc2ccc(OCCOCc3ccccc3)cc21. The quantitative estimate of drug-likeness (QED) is 0.260. The van der Waals surface area contributed by atoms with Gasteiger partial charge in [0.15, 0.2) is 0 Å². The summed E-state index contributed by atoms with van der Waals surface area (Å²) in [5.74, 6) is -0.102. The van der Waals surface area contributed by atoms with Gasteiger partial charge in [-0.1, -0.05) is 84.9 Å². The minimum absolute atomic E-state index is 0.235. The van der Waals surface area contributed by atoms with Crippen LogP contribution in [0.1, 0.15) is 51.1 Å². The van der Waals surface area contributed by atoms with E-state index in [0.717, 1.165) is 23.1 Å². The topological polar surface area (TPSA) is 81.9 Å². The van der Waals surface area contributed by atoms with Gasteiger partial charge in [0.25, 0.3) is 5.91 Å². The van der Waals surface area contributed by atoms with Crippen LogP contribution in [0.4, 0.5) is 0 Å². The lowest BCUT2D eigenvalue weighted by atomic mass is 9.98. The second-order valence-electron chi connectivity index (χ2n) is 9.60. The van der Waals surface area contributed by atoms with Crippen molar-refractivity contribution in [1.82, 2.24) is 4.90 Å². The normalized spacial score (nSPS) is 14.8. The highest BCUT2D eigenvalue weighted by molar-refractivity contribution is 5.98. The maximum Gasteiger partial charge on any atom is 0.255 e. The lowest BCUT2D eigenvalue weighted by Crippen LogP contribution is -2.43. The van der Waals surface area contributed by atoms with Crippen molar-refractivity contribution in [1.29, 1.82) is 0 Å². The Morgan fingerprint density at radius 2 is 1.51 bits per heavy atom. The molecule has 2 N–H and O–H groups in total. The number of hydrogen-bond donors (Lipinski definition) is 1. The molecule has 198 valence electrons. The summed E-state index contributed by atoms with van der Waals surface area (Å²) in [5, 5.41) is 0. The molecule has 1 aliphatic rings. The number of rotatable bonds is 11. The van der Waals surface area contributed by atoms with Gasteiger partial charge in [-0.3, -0.25) is 9.59 Å². The second kappa shape index (κ2) is 12.4. The van der Waals surface area contributed by atoms with Gasteiger partial charge in [0, 0.05) is 5.56 Å². The van der Waals surface area contributed by atoms with E-state index >= 15 is 0 Å². The van der Waals surface area contributed by atoms with E-state index in [1.54, 1.807) is 17.0 Å². The molecule has 1 aliphatic carbocycles. The molecule has 6 nitrogen and oxygen atoms in total. The molecule has 1 unspecified atom stereocenters. The Hall–Kier alpha value is -4.42. The Morgan fingerprint density at radius 1 is 0.846 bits per heavy atom. The van der Waals surface area contributed by atoms with E-state index in [9.17, 15) is 9.59 Å². The van der Waals surface area contributed by atoms with Crippen LogP contribution in [-0.2, 0) is 22.6 Å². The highest BCUT2D eigenvalue weighted by Gasteiger charge is 2.39. The molecule has 0 fully saturated rings. The van der Waals surface area contributed by atoms with Gasteiger partial charge < -0.3 is 20.1 Å². The first-order chi connectivity index (χ1) is 19.1. The molecule has 0 aliphatic heterocycles. The zero-order valence-electron chi connectivity index (χ0n) is 21.7. The van der Waals surface area contributed by atoms with Crippen LogP contribution in [-0.4, -0.2) is 29.9 Å². The largest absolute Gasteiger partial charge is 0.491 e. The first kappa shape index (κ1) is 26.2. The molecule has 5 rings (SSSR count). The van der Waals surface area contributed by atoms with Crippen molar-refractivity contribution in [3.8, 4) is 5.75 Å². The van der Waals surface area contributed by atoms with Crippen LogP contribution in [0.3, 0.4) is 0 Å². The Bertz CT molecular complexity index is 1390. The predicted molar refractivity (Wildman–Crippen MR) is 150 cm³/mol. The second-order valence-corrected chi connectivity index (χ2v) is 9.60. The molecule has 6 heteroatoms. The molecular weight excluding hydrogens is 488 g/mol. The van der Waals surface area contributed by atoms with Crippen LogP contribution >= 0.6 is 0 Å². The van der Waals surface area contributed by atoms with Crippen LogP contribution in [0.15, 0.2) is 109 Å². The molecule has 0 radical (unpaired) electrons. The maximum absolute atomic E-state index is 14.0. The molecule has 0 bridgehead atoms. The van der Waals surface area contributed by atoms with E-state index in [0.29, 0.717) is 43.1 Å². The monoisotopic (exact) mass is 520 g/mol. The van der Waals surface area contributed by atoms with Gasteiger partial charge in [-0.05, 0) is 59.4 Å². The van der Waals surface area contributed by atoms with Gasteiger partial charge >= 0.3 is 0 Å². The number of nitrogens with zero attached hydrogens (tertiary/aromatic N) is 1. The van der Waals surface area contributed by atoms with Crippen molar-refractivity contribution in [2.24, 2.45) is 5.73 Å². The van der Waals surface area contributed by atoms with Crippen molar-refractivity contribution in [2.75, 3.05) is 13.2 Å². The summed E-state index contributed by atoms with van der Waals surface area (Å²) < 4.78 is 11.8. The predicted octanol–water partition coefficient (Wildman–Crippen LogP) is 5.64. The van der Waals surface area contributed by atoms with E-state index in [1.807, 2.05) is 97.1 Å². The van der Waals surface area contributed by atoms with Crippen LogP contribution in [0, 0.1) is 0 Å². The number of primary amides is 1. The maximum atomic E-state index is 14.0. The van der Waals surface area contributed by atoms with Gasteiger partial charge in [0.05, 0.1) is 19.3 Å². The van der Waals surface area contributed by atoms with Crippen molar-refractivity contribution >= 4 is 11.8 Å². The zero-order valence-corrected chi connectivity index (χ0v) is 21.7. The molecule has 0 saturated carbocycles. The molecule has 0 aromatic heterocycles. The summed E-state index contributed by atoms with van der Waals surface area (Å²) >= 11 is 0. The third kappa shape index (κ3) is 6.19. The average molecular weight is 521 g/mol. The van der Waals surface area contributed by atoms with Crippen molar-refractivity contribution in [2.45, 2.75) is 31.5 Å². The lowest BCUT2D eigenvalue weighted by molar-refractivity contribution is -0.123. The number of carbonyl (C=O) groups is 2. The summed E-state index contributed by atoms with van der Waals surface area (Å²) in [5.41, 5.74) is 10.4. The number of aryl methyl sites for hydroxylation is 1. The standard InChI is InChI=1S/C33H32N2O4/c34-32(36)31(26-12-6-2-7-13-26)35(33(37)27-14-8-3-9-15-27)30-19-17-25-16-18-28(22-29(25)30)39-21-20-38-23-24-10-4-1-5-11-24/h1-16,18,22,30-31H,17,19-21,23H2,(H2,34,36)/t30?,31-/m1/s1. The summed E-state index contributed by atoms with van der Waals surface area (Å²) in [6, 6.07) is 33.0. The van der Waals surface area contributed by atoms with E-state index in [-0.39, 0.29) is 11.9 Å². The van der Waals surface area contributed by atoms with Gasteiger partial charge in [0.1, 0.15) is 18.4 Å². The summed E-state index contributed by atoms with van der Waals surface area (Å²) in [6.07, 6.45) is 1.48. The fraction of sp³-hybridized carbons (Fsp3) is 0.212. The number of nitrogens with two attached hydrogens (primary N) is 1. The Morgan fingerprint density at radius 3 is 2.21 bits per heavy atom. The number of hydrogen-bond acceptors (Lipinski definition) is 4. The molecule has 4 aromatic rings. The smallest absolute Gasteiger partial charge is 0.255 e. The number of ether oxygens (including phenoxy) is 2. The summed E-state index contributed by atoms with van der Waals surface area (Å²) in [6.45, 7) is 1.38. The molecule has 0 saturated heterocycles. The van der Waals surface area contributed by atoms with Crippen molar-refractivity contribution < 1.29 is 19.1 Å². The van der Waals surface area contributed by atoms with Crippen LogP contribution < -0.4 is 10.5 Å². The van der Waals surface area contributed by atoms with Crippen molar-refractivity contribution in [3.05, 3.63) is 137 Å². The fourth-order valence-corrected chi connectivity index (χ4v) is 5.19. The molecule has 2 amide bonds. The van der Waals surface area contributed by atoms with Gasteiger partial charge in [-0.2, -0.15) is 0 Å². The Kier molecular flexibility index (Phi) is 8.34. The first-order valence-corrected chi connectivity index (χ1v) is 13.2. The van der Waals surface area contributed by atoms with E-state index in [4.69, 9.17) is 15.2 Å². The number of benzene rings is 4. The molecule has 0 heterocycles. The van der Waals surface area contributed by atoms with Crippen LogP contribution in [0.5, 0.6) is 5.75 Å². The summed E-state index contributed by atoms with van der Waals surface area (Å²) in [7, 11) is 0. The van der Waals surface area contributed by atoms with Crippen molar-refractivity contribution in [3.63, 3.8) is 0 Å². The molecule has 4 aromatic carbocycles. The average Bonchev–Trinajstić information content (AvgIpc) is 3.39. The fourth-order valence-electron chi connectivity index (χ4n) is 5.19. The number of fused-ring (bicyclic) bond motifs is 1. The zero-order chi connectivity index (χ0) is 27.0. The highest BCUT2D eigenvalue weighted by atomic mass is 16.5. The molecule has 0 spiro atoms.